The second kappa shape index (κ2) is 6.89. The van der Waals surface area contributed by atoms with Gasteiger partial charge in [0.2, 0.25) is 0 Å². The summed E-state index contributed by atoms with van der Waals surface area (Å²) < 4.78 is 5.79. The maximum absolute atomic E-state index is 11.6. The first-order valence-electron chi connectivity index (χ1n) is 7.69. The molecule has 7 nitrogen and oxygen atoms in total. The second-order valence-corrected chi connectivity index (χ2v) is 5.63. The summed E-state index contributed by atoms with van der Waals surface area (Å²) in [7, 11) is 1.87. The van der Waals surface area contributed by atoms with Crippen molar-refractivity contribution in [2.24, 2.45) is 0 Å². The molecule has 0 saturated carbocycles. The third kappa shape index (κ3) is 3.75. The Morgan fingerprint density at radius 2 is 2.39 bits per heavy atom. The Bertz CT molecular complexity index is 730. The number of nitrogens with one attached hydrogen (secondary N) is 2. The minimum atomic E-state index is -0.217. The van der Waals surface area contributed by atoms with Gasteiger partial charge in [0.1, 0.15) is 17.7 Å². The van der Waals surface area contributed by atoms with Crippen LogP contribution in [0.2, 0.25) is 0 Å². The highest BCUT2D eigenvalue weighted by molar-refractivity contribution is 5.42. The van der Waals surface area contributed by atoms with Crippen molar-refractivity contribution in [3.8, 4) is 0 Å². The Labute approximate surface area is 134 Å². The third-order valence-electron chi connectivity index (χ3n) is 3.87. The van der Waals surface area contributed by atoms with E-state index >= 15 is 0 Å². The summed E-state index contributed by atoms with van der Waals surface area (Å²) >= 11 is 0. The van der Waals surface area contributed by atoms with E-state index in [4.69, 9.17) is 4.74 Å². The molecular weight excluding hydrogens is 294 g/mol. The fraction of sp³-hybridized carbons (Fsp3) is 0.438. The topological polar surface area (TPSA) is 83.1 Å². The van der Waals surface area contributed by atoms with Crippen LogP contribution in [0.4, 0.5) is 5.82 Å². The van der Waals surface area contributed by atoms with Crippen LogP contribution in [0.5, 0.6) is 0 Å². The molecule has 0 radical (unpaired) electrons. The van der Waals surface area contributed by atoms with E-state index in [1.165, 1.54) is 6.07 Å². The average molecular weight is 315 g/mol. The highest BCUT2D eigenvalue weighted by Crippen LogP contribution is 2.21. The number of aryl methyl sites for hydroxylation is 1. The normalized spacial score (nSPS) is 18.8. The van der Waals surface area contributed by atoms with E-state index in [0.29, 0.717) is 24.7 Å². The highest BCUT2D eigenvalue weighted by Gasteiger charge is 2.24. The average Bonchev–Trinajstić information content (AvgIpc) is 2.55. The standard InChI is InChI=1S/C16H21N5O2/c1-11-8-14(22)20-16(19-11)13-10-21(6-7-23-13)9-12-4-3-5-18-15(12)17-2/h3-5,8,13H,6-7,9-10H2,1-2H3,(H,17,18)(H,19,20,22)/t13-/m1/s1. The smallest absolute Gasteiger partial charge is 0.251 e. The minimum Gasteiger partial charge on any atom is -0.373 e. The molecule has 1 aliphatic rings. The molecular formula is C16H21N5O2. The van der Waals surface area contributed by atoms with Crippen LogP contribution in [-0.2, 0) is 11.3 Å². The number of aromatic amines is 1. The van der Waals surface area contributed by atoms with E-state index < -0.39 is 0 Å². The number of hydrogen-bond acceptors (Lipinski definition) is 6. The lowest BCUT2D eigenvalue weighted by atomic mass is 10.2. The molecule has 1 saturated heterocycles. The number of pyridine rings is 1. The largest absolute Gasteiger partial charge is 0.373 e. The van der Waals surface area contributed by atoms with Gasteiger partial charge in [0.25, 0.3) is 5.56 Å². The molecule has 0 bridgehead atoms. The minimum absolute atomic E-state index is 0.141. The molecule has 7 heteroatoms. The number of ether oxygens (including phenoxy) is 1. The molecule has 2 aromatic rings. The molecule has 0 aromatic carbocycles. The molecule has 3 rings (SSSR count). The fourth-order valence-electron chi connectivity index (χ4n) is 2.80. The van der Waals surface area contributed by atoms with Gasteiger partial charge in [-0.2, -0.15) is 0 Å². The van der Waals surface area contributed by atoms with E-state index in [-0.39, 0.29) is 11.7 Å². The number of aromatic nitrogens is 3. The lowest BCUT2D eigenvalue weighted by Gasteiger charge is -2.32. The molecule has 0 amide bonds. The van der Waals surface area contributed by atoms with E-state index in [0.717, 1.165) is 24.5 Å². The summed E-state index contributed by atoms with van der Waals surface area (Å²) in [6.07, 6.45) is 1.56. The Kier molecular flexibility index (Phi) is 4.68. The zero-order chi connectivity index (χ0) is 16.2. The molecule has 2 N–H and O–H groups in total. The lowest BCUT2D eigenvalue weighted by Crippen LogP contribution is -2.39. The van der Waals surface area contributed by atoms with Crippen molar-refractivity contribution < 1.29 is 4.74 Å². The highest BCUT2D eigenvalue weighted by atomic mass is 16.5. The van der Waals surface area contributed by atoms with Gasteiger partial charge in [0, 0.05) is 50.2 Å². The first-order valence-corrected chi connectivity index (χ1v) is 7.69. The zero-order valence-corrected chi connectivity index (χ0v) is 13.4. The van der Waals surface area contributed by atoms with Crippen LogP contribution in [0.1, 0.15) is 23.2 Å². The van der Waals surface area contributed by atoms with Crippen molar-refractivity contribution in [2.75, 3.05) is 32.1 Å². The summed E-state index contributed by atoms with van der Waals surface area (Å²) in [4.78, 5) is 25.4. The third-order valence-corrected chi connectivity index (χ3v) is 3.87. The Morgan fingerprint density at radius 1 is 1.52 bits per heavy atom. The number of nitrogens with zero attached hydrogens (tertiary/aromatic N) is 3. The summed E-state index contributed by atoms with van der Waals surface area (Å²) in [5, 5.41) is 3.11. The van der Waals surface area contributed by atoms with E-state index in [2.05, 4.69) is 31.2 Å². The van der Waals surface area contributed by atoms with Gasteiger partial charge in [-0.15, -0.1) is 0 Å². The molecule has 1 atom stereocenters. The van der Waals surface area contributed by atoms with Crippen molar-refractivity contribution in [3.63, 3.8) is 0 Å². The van der Waals surface area contributed by atoms with E-state index in [1.54, 1.807) is 6.20 Å². The van der Waals surface area contributed by atoms with Crippen LogP contribution in [0.15, 0.2) is 29.2 Å². The number of hydrogen-bond donors (Lipinski definition) is 2. The molecule has 2 aromatic heterocycles. The zero-order valence-electron chi connectivity index (χ0n) is 13.4. The molecule has 0 unspecified atom stereocenters. The van der Waals surface area contributed by atoms with Gasteiger partial charge in [-0.05, 0) is 13.0 Å². The molecule has 1 aliphatic heterocycles. The van der Waals surface area contributed by atoms with Gasteiger partial charge >= 0.3 is 0 Å². The monoisotopic (exact) mass is 315 g/mol. The van der Waals surface area contributed by atoms with Crippen molar-refractivity contribution in [2.45, 2.75) is 19.6 Å². The molecule has 1 fully saturated rings. The van der Waals surface area contributed by atoms with Gasteiger partial charge < -0.3 is 15.0 Å². The molecule has 0 spiro atoms. The molecule has 0 aliphatic carbocycles. The van der Waals surface area contributed by atoms with Crippen molar-refractivity contribution in [1.29, 1.82) is 0 Å². The fourth-order valence-corrected chi connectivity index (χ4v) is 2.80. The van der Waals surface area contributed by atoms with Gasteiger partial charge in [0.15, 0.2) is 0 Å². The number of anilines is 1. The predicted molar refractivity (Wildman–Crippen MR) is 87.3 cm³/mol. The Balaban J connectivity index is 1.74. The summed E-state index contributed by atoms with van der Waals surface area (Å²) in [5.41, 5.74) is 1.70. The number of morpholine rings is 1. The van der Waals surface area contributed by atoms with Crippen LogP contribution < -0.4 is 10.9 Å². The van der Waals surface area contributed by atoms with Crippen molar-refractivity contribution in [1.82, 2.24) is 19.9 Å². The quantitative estimate of drug-likeness (QED) is 0.879. The summed E-state index contributed by atoms with van der Waals surface area (Å²) in [5.74, 6) is 1.48. The summed E-state index contributed by atoms with van der Waals surface area (Å²) in [6.45, 7) is 4.72. The maximum atomic E-state index is 11.6. The Hall–Kier alpha value is -2.25. The maximum Gasteiger partial charge on any atom is 0.251 e. The van der Waals surface area contributed by atoms with E-state index in [1.807, 2.05) is 20.0 Å². The second-order valence-electron chi connectivity index (χ2n) is 5.63. The van der Waals surface area contributed by atoms with Crippen molar-refractivity contribution >= 4 is 5.82 Å². The van der Waals surface area contributed by atoms with Crippen molar-refractivity contribution in [3.05, 3.63) is 51.8 Å². The van der Waals surface area contributed by atoms with Crippen LogP contribution in [0.25, 0.3) is 0 Å². The van der Waals surface area contributed by atoms with Gasteiger partial charge in [-0.3, -0.25) is 9.69 Å². The van der Waals surface area contributed by atoms with Crippen LogP contribution in [0, 0.1) is 6.92 Å². The first-order chi connectivity index (χ1) is 11.2. The molecule has 3 heterocycles. The SMILES string of the molecule is CNc1ncccc1CN1CCO[C@@H](c2nc(C)cc(=O)[nH]2)C1. The predicted octanol–water partition coefficient (Wildman–Crippen LogP) is 1.09. The van der Waals surface area contributed by atoms with Crippen LogP contribution in [-0.4, -0.2) is 46.6 Å². The molecule has 122 valence electrons. The van der Waals surface area contributed by atoms with Gasteiger partial charge in [0.05, 0.1) is 6.61 Å². The van der Waals surface area contributed by atoms with Gasteiger partial charge in [-0.1, -0.05) is 6.07 Å². The summed E-state index contributed by atoms with van der Waals surface area (Å²) in [6, 6.07) is 5.49. The van der Waals surface area contributed by atoms with Crippen LogP contribution in [0.3, 0.4) is 0 Å². The van der Waals surface area contributed by atoms with Crippen LogP contribution >= 0.6 is 0 Å². The van der Waals surface area contributed by atoms with E-state index in [9.17, 15) is 4.79 Å². The first kappa shape index (κ1) is 15.6. The van der Waals surface area contributed by atoms with Gasteiger partial charge in [-0.25, -0.2) is 9.97 Å². The Morgan fingerprint density at radius 3 is 3.17 bits per heavy atom. The number of H-pyrrole nitrogens is 1. The number of rotatable bonds is 4. The lowest BCUT2D eigenvalue weighted by molar-refractivity contribution is -0.0373. The molecule has 23 heavy (non-hydrogen) atoms.